The van der Waals surface area contributed by atoms with E-state index in [9.17, 15) is 4.79 Å². The number of methoxy groups -OCH3 is 1. The molecule has 0 saturated carbocycles. The number of aromatic nitrogens is 2. The van der Waals surface area contributed by atoms with Crippen molar-refractivity contribution in [1.82, 2.24) is 9.97 Å². The summed E-state index contributed by atoms with van der Waals surface area (Å²) in [6.07, 6.45) is 3.67. The van der Waals surface area contributed by atoms with Crippen molar-refractivity contribution in [3.05, 3.63) is 17.6 Å². The number of rotatable bonds is 6. The van der Waals surface area contributed by atoms with E-state index in [2.05, 4.69) is 36.1 Å². The molecule has 1 heterocycles. The van der Waals surface area contributed by atoms with Gasteiger partial charge in [0.25, 0.3) is 0 Å². The van der Waals surface area contributed by atoms with Crippen molar-refractivity contribution in [2.45, 2.75) is 46.6 Å². The summed E-state index contributed by atoms with van der Waals surface area (Å²) >= 11 is 0. The number of aryl methyl sites for hydroxylation is 1. The lowest BCUT2D eigenvalue weighted by atomic mass is 10.0. The summed E-state index contributed by atoms with van der Waals surface area (Å²) in [5.74, 6) is 1.43. The van der Waals surface area contributed by atoms with Crippen LogP contribution >= 0.6 is 0 Å². The second-order valence-corrected chi connectivity index (χ2v) is 5.19. The van der Waals surface area contributed by atoms with E-state index in [1.807, 2.05) is 0 Å². The fraction of sp³-hybridized carbons (Fsp3) is 0.643. The fourth-order valence-electron chi connectivity index (χ4n) is 1.73. The van der Waals surface area contributed by atoms with E-state index in [1.165, 1.54) is 13.3 Å². The molecule has 0 radical (unpaired) electrons. The number of hydrogen-bond acceptors (Lipinski definition) is 5. The minimum absolute atomic E-state index is 0.250. The number of carbonyl (C=O) groups is 1. The number of carbonyl (C=O) groups excluding carboxylic acids is 1. The monoisotopic (exact) mass is 265 g/mol. The van der Waals surface area contributed by atoms with Crippen LogP contribution in [0.15, 0.2) is 6.20 Å². The van der Waals surface area contributed by atoms with Crippen molar-refractivity contribution < 1.29 is 9.53 Å². The molecule has 0 aliphatic carbocycles. The summed E-state index contributed by atoms with van der Waals surface area (Å²) < 4.78 is 4.74. The van der Waals surface area contributed by atoms with Gasteiger partial charge < -0.3 is 10.1 Å². The van der Waals surface area contributed by atoms with Gasteiger partial charge in [-0.25, -0.2) is 14.8 Å². The first-order valence-electron chi connectivity index (χ1n) is 6.62. The molecule has 1 aromatic rings. The third kappa shape index (κ3) is 4.85. The van der Waals surface area contributed by atoms with E-state index in [-0.39, 0.29) is 6.04 Å². The summed E-state index contributed by atoms with van der Waals surface area (Å²) in [6, 6.07) is 0.250. The summed E-state index contributed by atoms with van der Waals surface area (Å²) in [5, 5.41) is 3.27. The molecule has 0 aromatic carbocycles. The van der Waals surface area contributed by atoms with Crippen molar-refractivity contribution in [3.8, 4) is 0 Å². The Hall–Kier alpha value is -1.65. The third-order valence-corrected chi connectivity index (χ3v) is 2.87. The number of ether oxygens (including phenoxy) is 1. The predicted octanol–water partition coefficient (Wildman–Crippen LogP) is 2.81. The number of nitrogens with one attached hydrogen (secondary N) is 1. The maximum Gasteiger partial charge on any atom is 0.343 e. The van der Waals surface area contributed by atoms with Gasteiger partial charge in [-0.1, -0.05) is 13.8 Å². The lowest BCUT2D eigenvalue weighted by Gasteiger charge is -2.17. The Morgan fingerprint density at radius 2 is 2.05 bits per heavy atom. The van der Waals surface area contributed by atoms with Crippen LogP contribution in [0, 0.1) is 12.8 Å². The second kappa shape index (κ2) is 7.07. The highest BCUT2D eigenvalue weighted by Crippen LogP contribution is 2.16. The normalized spacial score (nSPS) is 12.3. The third-order valence-electron chi connectivity index (χ3n) is 2.87. The van der Waals surface area contributed by atoms with Crippen molar-refractivity contribution in [2.24, 2.45) is 5.92 Å². The molecular formula is C14H23N3O2. The van der Waals surface area contributed by atoms with Crippen molar-refractivity contribution >= 4 is 11.8 Å². The maximum atomic E-state index is 11.7. The SMILES string of the molecule is COC(=O)c1cnc(C)nc1NC(C)CCC(C)C. The van der Waals surface area contributed by atoms with Gasteiger partial charge in [-0.05, 0) is 32.6 Å². The minimum atomic E-state index is -0.418. The lowest BCUT2D eigenvalue weighted by molar-refractivity contribution is 0.0601. The zero-order valence-electron chi connectivity index (χ0n) is 12.4. The van der Waals surface area contributed by atoms with Crippen LogP contribution in [0.2, 0.25) is 0 Å². The van der Waals surface area contributed by atoms with E-state index in [0.29, 0.717) is 23.1 Å². The Kier molecular flexibility index (Phi) is 5.73. The first kappa shape index (κ1) is 15.4. The molecule has 19 heavy (non-hydrogen) atoms. The molecule has 5 heteroatoms. The van der Waals surface area contributed by atoms with Crippen LogP contribution in [0.5, 0.6) is 0 Å². The molecule has 1 unspecified atom stereocenters. The first-order valence-corrected chi connectivity index (χ1v) is 6.62. The van der Waals surface area contributed by atoms with E-state index in [1.54, 1.807) is 6.92 Å². The molecule has 5 nitrogen and oxygen atoms in total. The summed E-state index contributed by atoms with van der Waals surface area (Å²) in [7, 11) is 1.36. The molecule has 0 saturated heterocycles. The summed E-state index contributed by atoms with van der Waals surface area (Å²) in [4.78, 5) is 20.0. The highest BCUT2D eigenvalue weighted by molar-refractivity contribution is 5.94. The van der Waals surface area contributed by atoms with Gasteiger partial charge >= 0.3 is 5.97 Å². The number of hydrogen-bond donors (Lipinski definition) is 1. The van der Waals surface area contributed by atoms with Crippen LogP contribution in [-0.4, -0.2) is 29.1 Å². The number of esters is 1. The smallest absolute Gasteiger partial charge is 0.343 e. The lowest BCUT2D eigenvalue weighted by Crippen LogP contribution is -2.20. The van der Waals surface area contributed by atoms with Crippen molar-refractivity contribution in [2.75, 3.05) is 12.4 Å². The quantitative estimate of drug-likeness (QED) is 0.801. The van der Waals surface area contributed by atoms with E-state index in [4.69, 9.17) is 4.74 Å². The van der Waals surface area contributed by atoms with Crippen LogP contribution in [0.4, 0.5) is 5.82 Å². The van der Waals surface area contributed by atoms with Crippen LogP contribution in [0.3, 0.4) is 0 Å². The highest BCUT2D eigenvalue weighted by Gasteiger charge is 2.16. The van der Waals surface area contributed by atoms with Gasteiger partial charge in [0.15, 0.2) is 0 Å². The average molecular weight is 265 g/mol. The van der Waals surface area contributed by atoms with Gasteiger partial charge in [-0.15, -0.1) is 0 Å². The standard InChI is InChI=1S/C14H23N3O2/c1-9(2)6-7-10(3)16-13-12(14(18)19-5)8-15-11(4)17-13/h8-10H,6-7H2,1-5H3,(H,15,16,17). The molecule has 1 atom stereocenters. The van der Waals surface area contributed by atoms with E-state index >= 15 is 0 Å². The van der Waals surface area contributed by atoms with Gasteiger partial charge in [-0.3, -0.25) is 0 Å². The molecule has 0 fully saturated rings. The molecule has 0 spiro atoms. The van der Waals surface area contributed by atoms with E-state index < -0.39 is 5.97 Å². The minimum Gasteiger partial charge on any atom is -0.465 e. The number of anilines is 1. The largest absolute Gasteiger partial charge is 0.465 e. The van der Waals surface area contributed by atoms with Crippen molar-refractivity contribution in [1.29, 1.82) is 0 Å². The maximum absolute atomic E-state index is 11.7. The fourth-order valence-corrected chi connectivity index (χ4v) is 1.73. The van der Waals surface area contributed by atoms with Gasteiger partial charge in [0, 0.05) is 12.2 Å². The molecule has 106 valence electrons. The summed E-state index contributed by atoms with van der Waals surface area (Å²) in [6.45, 7) is 8.27. The molecule has 0 aliphatic rings. The molecular weight excluding hydrogens is 242 g/mol. The topological polar surface area (TPSA) is 64.1 Å². The Labute approximate surface area is 114 Å². The summed E-state index contributed by atoms with van der Waals surface area (Å²) in [5.41, 5.74) is 0.379. The zero-order chi connectivity index (χ0) is 14.4. The first-order chi connectivity index (χ1) is 8.93. The van der Waals surface area contributed by atoms with Gasteiger partial charge in [0.1, 0.15) is 17.2 Å². The number of nitrogens with zero attached hydrogens (tertiary/aromatic N) is 2. The molecule has 1 rings (SSSR count). The van der Waals surface area contributed by atoms with Crippen LogP contribution in [0.25, 0.3) is 0 Å². The van der Waals surface area contributed by atoms with Crippen LogP contribution in [-0.2, 0) is 4.74 Å². The van der Waals surface area contributed by atoms with Gasteiger partial charge in [-0.2, -0.15) is 0 Å². The Balaban J connectivity index is 2.80. The second-order valence-electron chi connectivity index (χ2n) is 5.19. The Morgan fingerprint density at radius 1 is 1.37 bits per heavy atom. The molecule has 1 aromatic heterocycles. The zero-order valence-corrected chi connectivity index (χ0v) is 12.4. The Bertz CT molecular complexity index is 433. The average Bonchev–Trinajstić information content (AvgIpc) is 2.35. The highest BCUT2D eigenvalue weighted by atomic mass is 16.5. The van der Waals surface area contributed by atoms with Crippen molar-refractivity contribution in [3.63, 3.8) is 0 Å². The van der Waals surface area contributed by atoms with E-state index in [0.717, 1.165) is 12.8 Å². The van der Waals surface area contributed by atoms with Gasteiger partial charge in [0.2, 0.25) is 0 Å². The molecule has 0 amide bonds. The Morgan fingerprint density at radius 3 is 2.63 bits per heavy atom. The van der Waals surface area contributed by atoms with Crippen LogP contribution < -0.4 is 5.32 Å². The van der Waals surface area contributed by atoms with Crippen LogP contribution in [0.1, 0.15) is 49.8 Å². The van der Waals surface area contributed by atoms with Gasteiger partial charge in [0.05, 0.1) is 7.11 Å². The molecule has 0 bridgehead atoms. The molecule has 0 aliphatic heterocycles. The molecule has 1 N–H and O–H groups in total. The predicted molar refractivity (Wildman–Crippen MR) is 75.3 cm³/mol.